The largest absolute Gasteiger partial charge is 0.463 e. The molecule has 1 fully saturated rings. The average molecular weight is 183 g/mol. The number of nitrogens with zero attached hydrogens (tertiary/aromatic N) is 1. The normalized spacial score (nSPS) is 20.4. The van der Waals surface area contributed by atoms with Gasteiger partial charge in [0.25, 0.3) is 0 Å². The molecule has 3 heteroatoms. The Morgan fingerprint density at radius 2 is 2.31 bits per heavy atom. The zero-order valence-corrected chi connectivity index (χ0v) is 8.59. The summed E-state index contributed by atoms with van der Waals surface area (Å²) in [6.07, 6.45) is 2.14. The van der Waals surface area contributed by atoms with Crippen LogP contribution in [0.3, 0.4) is 0 Å². The second-order valence-corrected chi connectivity index (χ2v) is 3.32. The Morgan fingerprint density at radius 3 is 2.77 bits per heavy atom. The van der Waals surface area contributed by atoms with Gasteiger partial charge in [-0.2, -0.15) is 0 Å². The number of ether oxygens (including phenoxy) is 1. The summed E-state index contributed by atoms with van der Waals surface area (Å²) in [5.41, 5.74) is 1.90. The first-order valence-electron chi connectivity index (χ1n) is 4.74. The zero-order valence-electron chi connectivity index (χ0n) is 8.59. The molecule has 0 unspecified atom stereocenters. The van der Waals surface area contributed by atoms with Crippen molar-refractivity contribution in [3.8, 4) is 0 Å². The topological polar surface area (TPSA) is 29.5 Å². The molecule has 0 radical (unpaired) electrons. The minimum atomic E-state index is -0.175. The minimum absolute atomic E-state index is 0.175. The van der Waals surface area contributed by atoms with E-state index in [1.54, 1.807) is 0 Å². The first-order valence-corrected chi connectivity index (χ1v) is 4.74. The number of esters is 1. The third-order valence-electron chi connectivity index (χ3n) is 2.38. The Hall–Kier alpha value is -0.990. The maximum absolute atomic E-state index is 11.4. The fourth-order valence-corrected chi connectivity index (χ4v) is 1.64. The fourth-order valence-electron chi connectivity index (χ4n) is 1.64. The molecule has 0 aliphatic carbocycles. The van der Waals surface area contributed by atoms with Gasteiger partial charge in [-0.3, -0.25) is 0 Å². The number of rotatable bonds is 2. The monoisotopic (exact) mass is 183 g/mol. The molecule has 1 aliphatic heterocycles. The molecule has 0 aromatic rings. The molecular weight excluding hydrogens is 166 g/mol. The standard InChI is InChI=1S/C10H17NO2/c1-4-13-10(12)8(2)9-6-5-7-11(9)3/h4-7H2,1-3H3. The molecule has 0 aromatic heterocycles. The van der Waals surface area contributed by atoms with Crippen molar-refractivity contribution in [1.82, 2.24) is 4.90 Å². The maximum Gasteiger partial charge on any atom is 0.335 e. The van der Waals surface area contributed by atoms with Gasteiger partial charge in [0.2, 0.25) is 0 Å². The van der Waals surface area contributed by atoms with Crippen LogP contribution in [0.1, 0.15) is 26.7 Å². The lowest BCUT2D eigenvalue weighted by molar-refractivity contribution is -0.138. The van der Waals surface area contributed by atoms with Crippen LogP contribution in [-0.2, 0) is 9.53 Å². The van der Waals surface area contributed by atoms with Gasteiger partial charge in [0, 0.05) is 19.3 Å². The molecule has 0 spiro atoms. The summed E-state index contributed by atoms with van der Waals surface area (Å²) >= 11 is 0. The van der Waals surface area contributed by atoms with Crippen molar-refractivity contribution in [3.63, 3.8) is 0 Å². The van der Waals surface area contributed by atoms with Crippen LogP contribution < -0.4 is 0 Å². The number of carbonyl (C=O) groups excluding carboxylic acids is 1. The maximum atomic E-state index is 11.4. The van der Waals surface area contributed by atoms with Gasteiger partial charge in [0.05, 0.1) is 12.2 Å². The van der Waals surface area contributed by atoms with Crippen molar-refractivity contribution in [1.29, 1.82) is 0 Å². The SMILES string of the molecule is CCOC(=O)C(C)=C1CCCN1C. The van der Waals surface area contributed by atoms with Crippen molar-refractivity contribution in [3.05, 3.63) is 11.3 Å². The van der Waals surface area contributed by atoms with Gasteiger partial charge in [-0.05, 0) is 26.7 Å². The van der Waals surface area contributed by atoms with Gasteiger partial charge in [-0.1, -0.05) is 0 Å². The summed E-state index contributed by atoms with van der Waals surface area (Å²) in [6, 6.07) is 0. The summed E-state index contributed by atoms with van der Waals surface area (Å²) < 4.78 is 4.94. The molecule has 0 N–H and O–H groups in total. The van der Waals surface area contributed by atoms with Crippen LogP contribution >= 0.6 is 0 Å². The lowest BCUT2D eigenvalue weighted by Crippen LogP contribution is -2.16. The van der Waals surface area contributed by atoms with E-state index in [1.807, 2.05) is 20.9 Å². The minimum Gasteiger partial charge on any atom is -0.463 e. The molecule has 1 heterocycles. The smallest absolute Gasteiger partial charge is 0.335 e. The quantitative estimate of drug-likeness (QED) is 0.480. The Bertz CT molecular complexity index is 233. The molecular formula is C10H17NO2. The lowest BCUT2D eigenvalue weighted by atomic mass is 10.2. The second-order valence-electron chi connectivity index (χ2n) is 3.32. The number of carbonyl (C=O) groups is 1. The van der Waals surface area contributed by atoms with E-state index in [0.29, 0.717) is 6.61 Å². The number of hydrogen-bond donors (Lipinski definition) is 0. The summed E-state index contributed by atoms with van der Waals surface area (Å²) in [5.74, 6) is -0.175. The molecule has 0 saturated carbocycles. The predicted octanol–water partition coefficient (Wildman–Crippen LogP) is 1.55. The van der Waals surface area contributed by atoms with E-state index in [0.717, 1.165) is 30.7 Å². The molecule has 1 rings (SSSR count). The molecule has 74 valence electrons. The van der Waals surface area contributed by atoms with E-state index in [-0.39, 0.29) is 5.97 Å². The highest BCUT2D eigenvalue weighted by molar-refractivity contribution is 5.88. The Balaban J connectivity index is 2.72. The van der Waals surface area contributed by atoms with Gasteiger partial charge in [-0.25, -0.2) is 4.79 Å². The van der Waals surface area contributed by atoms with Crippen LogP contribution in [0.2, 0.25) is 0 Å². The van der Waals surface area contributed by atoms with E-state index in [1.165, 1.54) is 0 Å². The molecule has 0 bridgehead atoms. The van der Waals surface area contributed by atoms with Crippen molar-refractivity contribution in [2.75, 3.05) is 20.2 Å². The summed E-state index contributed by atoms with van der Waals surface area (Å²) in [6.45, 7) is 5.17. The highest BCUT2D eigenvalue weighted by Gasteiger charge is 2.19. The Morgan fingerprint density at radius 1 is 1.62 bits per heavy atom. The molecule has 0 amide bonds. The van der Waals surface area contributed by atoms with Crippen molar-refractivity contribution in [2.45, 2.75) is 26.7 Å². The van der Waals surface area contributed by atoms with E-state index < -0.39 is 0 Å². The fraction of sp³-hybridized carbons (Fsp3) is 0.700. The third kappa shape index (κ3) is 2.23. The van der Waals surface area contributed by atoms with Crippen LogP contribution in [-0.4, -0.2) is 31.1 Å². The van der Waals surface area contributed by atoms with Gasteiger partial charge in [0.15, 0.2) is 0 Å². The van der Waals surface area contributed by atoms with Crippen LogP contribution in [0.15, 0.2) is 11.3 Å². The molecule has 0 aromatic carbocycles. The third-order valence-corrected chi connectivity index (χ3v) is 2.38. The van der Waals surface area contributed by atoms with Crippen LogP contribution in [0, 0.1) is 0 Å². The summed E-state index contributed by atoms with van der Waals surface area (Å²) in [7, 11) is 2.02. The van der Waals surface area contributed by atoms with Crippen LogP contribution in [0.4, 0.5) is 0 Å². The van der Waals surface area contributed by atoms with E-state index in [4.69, 9.17) is 4.74 Å². The molecule has 1 aliphatic rings. The number of allylic oxidation sites excluding steroid dienone is 1. The van der Waals surface area contributed by atoms with E-state index in [9.17, 15) is 4.79 Å². The Labute approximate surface area is 79.4 Å². The molecule has 13 heavy (non-hydrogen) atoms. The first-order chi connectivity index (χ1) is 6.16. The Kier molecular flexibility index (Phi) is 3.34. The molecule has 3 nitrogen and oxygen atoms in total. The van der Waals surface area contributed by atoms with E-state index >= 15 is 0 Å². The van der Waals surface area contributed by atoms with Gasteiger partial charge in [0.1, 0.15) is 0 Å². The highest BCUT2D eigenvalue weighted by atomic mass is 16.5. The van der Waals surface area contributed by atoms with Crippen molar-refractivity contribution >= 4 is 5.97 Å². The zero-order chi connectivity index (χ0) is 9.84. The summed E-state index contributed by atoms with van der Waals surface area (Å²) in [4.78, 5) is 13.5. The second kappa shape index (κ2) is 4.30. The molecule has 0 atom stereocenters. The lowest BCUT2D eigenvalue weighted by Gasteiger charge is -2.15. The van der Waals surface area contributed by atoms with Crippen molar-refractivity contribution in [2.24, 2.45) is 0 Å². The number of likely N-dealkylation sites (tertiary alicyclic amines) is 1. The summed E-state index contributed by atoms with van der Waals surface area (Å²) in [5, 5.41) is 0. The first kappa shape index (κ1) is 10.1. The van der Waals surface area contributed by atoms with Gasteiger partial charge >= 0.3 is 5.97 Å². The van der Waals surface area contributed by atoms with E-state index in [2.05, 4.69) is 4.90 Å². The molecule has 1 saturated heterocycles. The van der Waals surface area contributed by atoms with Crippen LogP contribution in [0.25, 0.3) is 0 Å². The highest BCUT2D eigenvalue weighted by Crippen LogP contribution is 2.22. The number of hydrogen-bond acceptors (Lipinski definition) is 3. The van der Waals surface area contributed by atoms with Crippen molar-refractivity contribution < 1.29 is 9.53 Å². The average Bonchev–Trinajstić information content (AvgIpc) is 2.50. The van der Waals surface area contributed by atoms with Gasteiger partial charge in [-0.15, -0.1) is 0 Å². The van der Waals surface area contributed by atoms with Gasteiger partial charge < -0.3 is 9.64 Å². The predicted molar refractivity (Wildman–Crippen MR) is 51.2 cm³/mol. The van der Waals surface area contributed by atoms with Crippen LogP contribution in [0.5, 0.6) is 0 Å².